The Morgan fingerprint density at radius 3 is 1.84 bits per heavy atom. The average molecular weight is 268 g/mol. The quantitative estimate of drug-likeness (QED) is 0.784. The second-order valence-electron chi connectivity index (χ2n) is 4.19. The predicted molar refractivity (Wildman–Crippen MR) is 86.5 cm³/mol. The van der Waals surface area contributed by atoms with Crippen molar-refractivity contribution >= 4 is 28.6 Å². The molecule has 0 bridgehead atoms. The van der Waals surface area contributed by atoms with Crippen molar-refractivity contribution in [3.8, 4) is 0 Å². The van der Waals surface area contributed by atoms with Crippen molar-refractivity contribution in [2.24, 2.45) is 0 Å². The molecule has 2 aromatic carbocycles. The number of thiocarbonyl (C=S) groups is 1. The molecule has 0 aromatic heterocycles. The standard InChI is InChI=1S/C16H16N2S/c1-13(17-14-8-4-2-5-9-14)12-16(19)18-15-10-6-3-7-11-15/h2-11,17H,1,12H2,(H,18,19). The lowest BCUT2D eigenvalue weighted by Gasteiger charge is -2.12. The molecule has 0 atom stereocenters. The average Bonchev–Trinajstić information content (AvgIpc) is 2.40. The Morgan fingerprint density at radius 2 is 1.32 bits per heavy atom. The fourth-order valence-electron chi connectivity index (χ4n) is 1.69. The summed E-state index contributed by atoms with van der Waals surface area (Å²) in [5, 5.41) is 6.43. The van der Waals surface area contributed by atoms with E-state index in [-0.39, 0.29) is 0 Å². The number of hydrogen-bond donors (Lipinski definition) is 2. The third-order valence-electron chi connectivity index (χ3n) is 2.53. The smallest absolute Gasteiger partial charge is 0.0856 e. The normalized spacial score (nSPS) is 9.68. The molecule has 0 radical (unpaired) electrons. The van der Waals surface area contributed by atoms with E-state index < -0.39 is 0 Å². The van der Waals surface area contributed by atoms with E-state index in [1.165, 1.54) is 0 Å². The van der Waals surface area contributed by atoms with E-state index in [0.29, 0.717) is 6.42 Å². The molecule has 96 valence electrons. The van der Waals surface area contributed by atoms with Crippen LogP contribution in [0.4, 0.5) is 11.4 Å². The molecule has 0 unspecified atom stereocenters. The first-order valence-corrected chi connectivity index (χ1v) is 6.49. The number of hydrogen-bond acceptors (Lipinski definition) is 2. The van der Waals surface area contributed by atoms with Gasteiger partial charge in [0, 0.05) is 23.5 Å². The van der Waals surface area contributed by atoms with Crippen molar-refractivity contribution in [1.82, 2.24) is 0 Å². The van der Waals surface area contributed by atoms with E-state index in [4.69, 9.17) is 12.2 Å². The highest BCUT2D eigenvalue weighted by Gasteiger charge is 2.01. The zero-order valence-corrected chi connectivity index (χ0v) is 11.4. The van der Waals surface area contributed by atoms with Gasteiger partial charge in [0.15, 0.2) is 0 Å². The fourth-order valence-corrected chi connectivity index (χ4v) is 1.98. The number of nitrogens with one attached hydrogen (secondary N) is 2. The molecule has 2 N–H and O–H groups in total. The molecular formula is C16H16N2S. The van der Waals surface area contributed by atoms with Crippen LogP contribution in [0.1, 0.15) is 6.42 Å². The van der Waals surface area contributed by atoms with Gasteiger partial charge in [-0.05, 0) is 24.3 Å². The van der Waals surface area contributed by atoms with Crippen molar-refractivity contribution in [3.05, 3.63) is 72.9 Å². The second-order valence-corrected chi connectivity index (χ2v) is 4.68. The van der Waals surface area contributed by atoms with Crippen LogP contribution in [0.2, 0.25) is 0 Å². The first-order valence-electron chi connectivity index (χ1n) is 6.09. The SMILES string of the molecule is C=C(CC(=S)Nc1ccccc1)Nc1ccccc1. The van der Waals surface area contributed by atoms with Crippen LogP contribution in [-0.4, -0.2) is 4.99 Å². The zero-order chi connectivity index (χ0) is 13.5. The van der Waals surface area contributed by atoms with Crippen molar-refractivity contribution < 1.29 is 0 Å². The van der Waals surface area contributed by atoms with Gasteiger partial charge in [-0.25, -0.2) is 0 Å². The topological polar surface area (TPSA) is 24.1 Å². The summed E-state index contributed by atoms with van der Waals surface area (Å²) >= 11 is 5.32. The highest BCUT2D eigenvalue weighted by molar-refractivity contribution is 7.80. The van der Waals surface area contributed by atoms with Gasteiger partial charge in [-0.2, -0.15) is 0 Å². The molecule has 0 aliphatic heterocycles. The summed E-state index contributed by atoms with van der Waals surface area (Å²) in [6, 6.07) is 19.8. The molecule has 0 fully saturated rings. The number of benzene rings is 2. The molecule has 2 aromatic rings. The first-order chi connectivity index (χ1) is 9.24. The van der Waals surface area contributed by atoms with E-state index in [1.807, 2.05) is 60.7 Å². The Balaban J connectivity index is 1.84. The molecular weight excluding hydrogens is 252 g/mol. The van der Waals surface area contributed by atoms with Crippen LogP contribution in [-0.2, 0) is 0 Å². The minimum absolute atomic E-state index is 0.610. The van der Waals surface area contributed by atoms with Gasteiger partial charge in [-0.1, -0.05) is 55.2 Å². The Bertz CT molecular complexity index is 498. The van der Waals surface area contributed by atoms with E-state index >= 15 is 0 Å². The summed E-state index contributed by atoms with van der Waals surface area (Å²) in [5.41, 5.74) is 2.90. The van der Waals surface area contributed by atoms with Crippen LogP contribution >= 0.6 is 12.2 Å². The minimum Gasteiger partial charge on any atom is -0.359 e. The molecule has 0 heterocycles. The summed E-state index contributed by atoms with van der Waals surface area (Å²) in [6.07, 6.45) is 0.610. The predicted octanol–water partition coefficient (Wildman–Crippen LogP) is 4.44. The van der Waals surface area contributed by atoms with Gasteiger partial charge in [0.25, 0.3) is 0 Å². The van der Waals surface area contributed by atoms with Gasteiger partial charge in [0.1, 0.15) is 0 Å². The molecule has 0 spiro atoms. The summed E-state index contributed by atoms with van der Waals surface area (Å²) in [4.78, 5) is 0.750. The summed E-state index contributed by atoms with van der Waals surface area (Å²) in [5.74, 6) is 0. The molecule has 2 rings (SSSR count). The molecule has 0 aliphatic rings. The third kappa shape index (κ3) is 4.56. The Morgan fingerprint density at radius 1 is 0.842 bits per heavy atom. The van der Waals surface area contributed by atoms with Gasteiger partial charge in [0.05, 0.1) is 4.99 Å². The van der Waals surface area contributed by atoms with Crippen LogP contribution in [0.3, 0.4) is 0 Å². The van der Waals surface area contributed by atoms with E-state index in [0.717, 1.165) is 22.1 Å². The van der Waals surface area contributed by atoms with Crippen LogP contribution in [0.15, 0.2) is 72.9 Å². The van der Waals surface area contributed by atoms with Crippen molar-refractivity contribution in [2.45, 2.75) is 6.42 Å². The van der Waals surface area contributed by atoms with Gasteiger partial charge >= 0.3 is 0 Å². The lowest BCUT2D eigenvalue weighted by Crippen LogP contribution is -2.12. The van der Waals surface area contributed by atoms with Crippen LogP contribution in [0.5, 0.6) is 0 Å². The van der Waals surface area contributed by atoms with Gasteiger partial charge < -0.3 is 10.6 Å². The third-order valence-corrected chi connectivity index (χ3v) is 2.77. The molecule has 2 nitrogen and oxygen atoms in total. The first kappa shape index (κ1) is 13.3. The maximum Gasteiger partial charge on any atom is 0.0856 e. The molecule has 19 heavy (non-hydrogen) atoms. The number of para-hydroxylation sites is 2. The van der Waals surface area contributed by atoms with Gasteiger partial charge in [-0.15, -0.1) is 0 Å². The largest absolute Gasteiger partial charge is 0.359 e. The van der Waals surface area contributed by atoms with Crippen molar-refractivity contribution in [3.63, 3.8) is 0 Å². The molecule has 0 aliphatic carbocycles. The highest BCUT2D eigenvalue weighted by Crippen LogP contribution is 2.12. The lowest BCUT2D eigenvalue weighted by molar-refractivity contribution is 1.29. The monoisotopic (exact) mass is 268 g/mol. The maximum absolute atomic E-state index is 5.32. The van der Waals surface area contributed by atoms with Crippen LogP contribution < -0.4 is 10.6 Å². The summed E-state index contributed by atoms with van der Waals surface area (Å²) < 4.78 is 0. The lowest BCUT2D eigenvalue weighted by atomic mass is 10.2. The summed E-state index contributed by atoms with van der Waals surface area (Å²) in [6.45, 7) is 3.99. The van der Waals surface area contributed by atoms with Crippen LogP contribution in [0, 0.1) is 0 Å². The van der Waals surface area contributed by atoms with Gasteiger partial charge in [0.2, 0.25) is 0 Å². The minimum atomic E-state index is 0.610. The molecule has 0 saturated carbocycles. The Kier molecular flexibility index (Phi) is 4.70. The van der Waals surface area contributed by atoms with Crippen LogP contribution in [0.25, 0.3) is 0 Å². The molecule has 0 saturated heterocycles. The highest BCUT2D eigenvalue weighted by atomic mass is 32.1. The van der Waals surface area contributed by atoms with E-state index in [2.05, 4.69) is 17.2 Å². The van der Waals surface area contributed by atoms with E-state index in [9.17, 15) is 0 Å². The van der Waals surface area contributed by atoms with Gasteiger partial charge in [-0.3, -0.25) is 0 Å². The Hall–Kier alpha value is -2.13. The Labute approximate surface area is 119 Å². The second kappa shape index (κ2) is 6.71. The van der Waals surface area contributed by atoms with Crippen molar-refractivity contribution in [1.29, 1.82) is 0 Å². The zero-order valence-electron chi connectivity index (χ0n) is 10.6. The molecule has 0 amide bonds. The fraction of sp³-hybridized carbons (Fsp3) is 0.0625. The number of rotatable bonds is 5. The summed E-state index contributed by atoms with van der Waals surface area (Å²) in [7, 11) is 0. The maximum atomic E-state index is 5.32. The van der Waals surface area contributed by atoms with E-state index in [1.54, 1.807) is 0 Å². The van der Waals surface area contributed by atoms with Crippen molar-refractivity contribution in [2.75, 3.05) is 10.6 Å². The molecule has 3 heteroatoms. The number of anilines is 2.